The van der Waals surface area contributed by atoms with Gasteiger partial charge in [0, 0.05) is 42.9 Å². The van der Waals surface area contributed by atoms with Crippen LogP contribution in [0, 0.1) is 25.7 Å². The topological polar surface area (TPSA) is 104 Å². The Morgan fingerprint density at radius 2 is 1.63 bits per heavy atom. The summed E-state index contributed by atoms with van der Waals surface area (Å²) in [5.41, 5.74) is 8.58. The Kier molecular flexibility index (Phi) is 6.60. The molecule has 3 aromatic rings. The second kappa shape index (κ2) is 9.81. The molecule has 2 saturated heterocycles. The largest absolute Gasteiger partial charge is 0.370 e. The van der Waals surface area contributed by atoms with E-state index in [4.69, 9.17) is 5.73 Å². The maximum Gasteiger partial charge on any atom is 0.227 e. The number of hydrogen-bond acceptors (Lipinski definition) is 7. The van der Waals surface area contributed by atoms with Gasteiger partial charge in [0.1, 0.15) is 17.0 Å². The van der Waals surface area contributed by atoms with Crippen LogP contribution in [0.1, 0.15) is 36.1 Å². The standard InChI is InChI=1S/C26H32N6O2S/c1-16-17(2)35-26-22(16)24(28-15-29-26)32-13-9-19(10-14-32)25(34)30-20-5-3-4-6-21(20)31-11-7-18(8-12-31)23(27)33/h3-6,15,18-19H,7-14H2,1-2H3,(H2,27,33)(H,30,34). The summed E-state index contributed by atoms with van der Waals surface area (Å²) in [6.45, 7) is 7.36. The first-order valence-corrected chi connectivity index (χ1v) is 13.1. The number of carbonyl (C=O) groups is 2. The summed E-state index contributed by atoms with van der Waals surface area (Å²) < 4.78 is 0. The summed E-state index contributed by atoms with van der Waals surface area (Å²) in [5, 5.41) is 4.34. The summed E-state index contributed by atoms with van der Waals surface area (Å²) in [6.07, 6.45) is 4.71. The second-order valence-corrected chi connectivity index (χ2v) is 10.8. The number of hydrogen-bond donors (Lipinski definition) is 2. The van der Waals surface area contributed by atoms with Crippen molar-refractivity contribution >= 4 is 50.6 Å². The van der Waals surface area contributed by atoms with Crippen molar-refractivity contribution in [3.05, 3.63) is 41.0 Å². The number of anilines is 3. The first kappa shape index (κ1) is 23.5. The number of nitrogens with zero attached hydrogens (tertiary/aromatic N) is 4. The van der Waals surface area contributed by atoms with Crippen molar-refractivity contribution in [2.45, 2.75) is 39.5 Å². The SMILES string of the molecule is Cc1sc2ncnc(N3CCC(C(=O)Nc4ccccc4N4CCC(C(N)=O)CC4)CC3)c2c1C. The number of nitrogens with two attached hydrogens (primary N) is 1. The van der Waals surface area contributed by atoms with E-state index in [0.717, 1.165) is 79.3 Å². The van der Waals surface area contributed by atoms with Crippen LogP contribution < -0.4 is 20.9 Å². The van der Waals surface area contributed by atoms with Gasteiger partial charge < -0.3 is 20.9 Å². The van der Waals surface area contributed by atoms with Gasteiger partial charge in [-0.05, 0) is 57.2 Å². The zero-order valence-corrected chi connectivity index (χ0v) is 21.1. The molecule has 8 nitrogen and oxygen atoms in total. The molecule has 1 aromatic carbocycles. The van der Waals surface area contributed by atoms with Crippen LogP contribution in [0.2, 0.25) is 0 Å². The van der Waals surface area contributed by atoms with Gasteiger partial charge in [-0.3, -0.25) is 9.59 Å². The Morgan fingerprint density at radius 3 is 2.34 bits per heavy atom. The number of rotatable bonds is 5. The highest BCUT2D eigenvalue weighted by atomic mass is 32.1. The molecule has 4 heterocycles. The van der Waals surface area contributed by atoms with E-state index in [9.17, 15) is 9.59 Å². The Labute approximate surface area is 209 Å². The molecule has 0 bridgehead atoms. The molecular formula is C26H32N6O2S. The van der Waals surface area contributed by atoms with E-state index in [-0.39, 0.29) is 23.7 Å². The Balaban J connectivity index is 1.23. The number of nitrogens with one attached hydrogen (secondary N) is 1. The first-order valence-electron chi connectivity index (χ1n) is 12.3. The van der Waals surface area contributed by atoms with Crippen molar-refractivity contribution in [3.63, 3.8) is 0 Å². The van der Waals surface area contributed by atoms with E-state index in [1.54, 1.807) is 17.7 Å². The summed E-state index contributed by atoms with van der Waals surface area (Å²) in [6, 6.07) is 7.93. The van der Waals surface area contributed by atoms with Crippen molar-refractivity contribution in [2.75, 3.05) is 41.3 Å². The van der Waals surface area contributed by atoms with Gasteiger partial charge in [-0.15, -0.1) is 11.3 Å². The van der Waals surface area contributed by atoms with Crippen LogP contribution in [0.25, 0.3) is 10.2 Å². The highest BCUT2D eigenvalue weighted by molar-refractivity contribution is 7.18. The monoisotopic (exact) mass is 492 g/mol. The molecule has 0 spiro atoms. The molecular weight excluding hydrogens is 460 g/mol. The Bertz CT molecular complexity index is 1240. The molecule has 0 atom stereocenters. The number of aromatic nitrogens is 2. The number of amides is 2. The summed E-state index contributed by atoms with van der Waals surface area (Å²) in [4.78, 5) is 40.6. The van der Waals surface area contributed by atoms with Crippen LogP contribution in [0.15, 0.2) is 30.6 Å². The Morgan fingerprint density at radius 1 is 0.971 bits per heavy atom. The predicted octanol–water partition coefficient (Wildman–Crippen LogP) is 3.86. The minimum Gasteiger partial charge on any atom is -0.370 e. The third-order valence-corrected chi connectivity index (χ3v) is 8.63. The van der Waals surface area contributed by atoms with Gasteiger partial charge in [-0.1, -0.05) is 12.1 Å². The second-order valence-electron chi connectivity index (χ2n) is 9.59. The number of para-hydroxylation sites is 2. The number of piperidine rings is 2. The number of thiophene rings is 1. The van der Waals surface area contributed by atoms with Crippen molar-refractivity contribution in [3.8, 4) is 0 Å². The Hall–Kier alpha value is -3.20. The third-order valence-electron chi connectivity index (χ3n) is 7.51. The van der Waals surface area contributed by atoms with E-state index in [2.05, 4.69) is 38.9 Å². The highest BCUT2D eigenvalue weighted by Gasteiger charge is 2.29. The molecule has 5 rings (SSSR count). The van der Waals surface area contributed by atoms with Gasteiger partial charge in [0.25, 0.3) is 0 Å². The van der Waals surface area contributed by atoms with E-state index < -0.39 is 0 Å². The third kappa shape index (κ3) is 4.69. The smallest absolute Gasteiger partial charge is 0.227 e. The molecule has 0 saturated carbocycles. The van der Waals surface area contributed by atoms with Gasteiger partial charge in [0.05, 0.1) is 16.8 Å². The van der Waals surface area contributed by atoms with E-state index in [1.807, 2.05) is 24.3 Å². The number of fused-ring (bicyclic) bond motifs is 1. The van der Waals surface area contributed by atoms with Crippen LogP contribution in [0.5, 0.6) is 0 Å². The van der Waals surface area contributed by atoms with Gasteiger partial charge in [0.15, 0.2) is 0 Å². The number of primary amides is 1. The van der Waals surface area contributed by atoms with E-state index in [0.29, 0.717) is 0 Å². The molecule has 184 valence electrons. The molecule has 0 radical (unpaired) electrons. The molecule has 9 heteroatoms. The number of benzene rings is 1. The number of carbonyl (C=O) groups excluding carboxylic acids is 2. The normalized spacial score (nSPS) is 17.7. The molecule has 2 aliphatic heterocycles. The van der Waals surface area contributed by atoms with Gasteiger partial charge in [0.2, 0.25) is 11.8 Å². The molecule has 2 fully saturated rings. The van der Waals surface area contributed by atoms with Crippen LogP contribution in [0.4, 0.5) is 17.2 Å². The van der Waals surface area contributed by atoms with Gasteiger partial charge in [-0.2, -0.15) is 0 Å². The lowest BCUT2D eigenvalue weighted by Crippen LogP contribution is -2.40. The lowest BCUT2D eigenvalue weighted by molar-refractivity contribution is -0.122. The average molecular weight is 493 g/mol. The van der Waals surface area contributed by atoms with E-state index >= 15 is 0 Å². The molecule has 35 heavy (non-hydrogen) atoms. The maximum atomic E-state index is 13.2. The van der Waals surface area contributed by atoms with Gasteiger partial charge in [-0.25, -0.2) is 9.97 Å². The minimum atomic E-state index is -0.218. The lowest BCUT2D eigenvalue weighted by atomic mass is 9.95. The van der Waals surface area contributed by atoms with Crippen molar-refractivity contribution in [2.24, 2.45) is 17.6 Å². The van der Waals surface area contributed by atoms with Crippen LogP contribution in [-0.4, -0.2) is 48.0 Å². The van der Waals surface area contributed by atoms with Crippen molar-refractivity contribution < 1.29 is 9.59 Å². The zero-order chi connectivity index (χ0) is 24.5. The molecule has 2 aromatic heterocycles. The quantitative estimate of drug-likeness (QED) is 0.560. The lowest BCUT2D eigenvalue weighted by Gasteiger charge is -2.34. The molecule has 3 N–H and O–H groups in total. The number of aryl methyl sites for hydroxylation is 2. The molecule has 2 aliphatic rings. The van der Waals surface area contributed by atoms with Crippen molar-refractivity contribution in [1.82, 2.24) is 9.97 Å². The highest BCUT2D eigenvalue weighted by Crippen LogP contribution is 2.36. The van der Waals surface area contributed by atoms with Crippen LogP contribution in [0.3, 0.4) is 0 Å². The fourth-order valence-electron chi connectivity index (χ4n) is 5.25. The fraction of sp³-hybridized carbons (Fsp3) is 0.462. The molecule has 0 unspecified atom stereocenters. The van der Waals surface area contributed by atoms with Crippen LogP contribution in [-0.2, 0) is 9.59 Å². The van der Waals surface area contributed by atoms with Gasteiger partial charge >= 0.3 is 0 Å². The summed E-state index contributed by atoms with van der Waals surface area (Å²) >= 11 is 1.71. The summed E-state index contributed by atoms with van der Waals surface area (Å²) in [7, 11) is 0. The predicted molar refractivity (Wildman–Crippen MR) is 141 cm³/mol. The maximum absolute atomic E-state index is 13.2. The van der Waals surface area contributed by atoms with E-state index in [1.165, 1.54) is 10.4 Å². The fourth-order valence-corrected chi connectivity index (χ4v) is 6.24. The first-order chi connectivity index (χ1) is 16.9. The zero-order valence-electron chi connectivity index (χ0n) is 20.3. The van der Waals surface area contributed by atoms with Crippen LogP contribution >= 0.6 is 11.3 Å². The average Bonchev–Trinajstić information content (AvgIpc) is 3.18. The molecule has 0 aliphatic carbocycles. The van der Waals surface area contributed by atoms with Crippen molar-refractivity contribution in [1.29, 1.82) is 0 Å². The summed E-state index contributed by atoms with van der Waals surface area (Å²) in [5.74, 6) is 0.739. The molecule has 2 amide bonds. The minimum absolute atomic E-state index is 0.0393.